The monoisotopic (exact) mass is 510 g/mol. The Morgan fingerprint density at radius 2 is 1.53 bits per heavy atom. The molecule has 198 valence electrons. The molecule has 0 aromatic rings. The minimum Gasteiger partial charge on any atom is -0.471 e. The highest BCUT2D eigenvalue weighted by atomic mass is 16.8. The summed E-state index contributed by atoms with van der Waals surface area (Å²) in [6.07, 6.45) is -2.83. The maximum Gasteiger partial charge on any atom is 0.303 e. The summed E-state index contributed by atoms with van der Waals surface area (Å²) in [5.74, 6) is -3.35. The number of fused-ring (bicyclic) bond motifs is 1. The molecule has 0 N–H and O–H groups in total. The topological polar surface area (TPSA) is 150 Å². The molecule has 1 fully saturated rings. The van der Waals surface area contributed by atoms with Crippen molar-refractivity contribution in [3.8, 4) is 0 Å². The molecule has 12 heteroatoms. The second-order valence-corrected chi connectivity index (χ2v) is 8.76. The summed E-state index contributed by atoms with van der Waals surface area (Å²) < 4.78 is 39.1. The maximum atomic E-state index is 12.0. The highest BCUT2D eigenvalue weighted by molar-refractivity contribution is 5.74. The third-order valence-corrected chi connectivity index (χ3v) is 6.07. The van der Waals surface area contributed by atoms with Crippen LogP contribution < -0.4 is 0 Å². The molecule has 3 aliphatic rings. The van der Waals surface area contributed by atoms with Crippen LogP contribution in [0, 0.1) is 11.8 Å². The van der Waals surface area contributed by atoms with E-state index in [0.29, 0.717) is 12.0 Å². The van der Waals surface area contributed by atoms with Crippen molar-refractivity contribution in [1.29, 1.82) is 0 Å². The summed E-state index contributed by atoms with van der Waals surface area (Å²) in [6.45, 7) is 6.11. The first-order chi connectivity index (χ1) is 17.0. The average molecular weight is 510 g/mol. The highest BCUT2D eigenvalue weighted by Crippen LogP contribution is 2.43. The van der Waals surface area contributed by atoms with Crippen molar-refractivity contribution in [2.75, 3.05) is 6.61 Å². The van der Waals surface area contributed by atoms with Crippen molar-refractivity contribution in [2.24, 2.45) is 11.8 Å². The Kier molecular flexibility index (Phi) is 8.85. The lowest BCUT2D eigenvalue weighted by molar-refractivity contribution is -0.342. The third-order valence-electron chi connectivity index (χ3n) is 6.07. The quantitative estimate of drug-likeness (QED) is 0.199. The molecule has 1 saturated heterocycles. The predicted molar refractivity (Wildman–Crippen MR) is 117 cm³/mol. The minimum atomic E-state index is -1.38. The zero-order valence-corrected chi connectivity index (χ0v) is 20.7. The standard InChI is InChI=1S/C24H30O12/c1-11-6-7-17-16(8-25)9-31-23(19(11)17)36-24-22(34-15(5)29)21(33-14(4)28)20(32-13(3)27)18(35-24)10-30-12(2)26/h6,8-9,17-24H,7,10H2,1-5H3/t17-,18-,19-,20-,21+,22-,23?,24+/m1/s1. The molecule has 36 heavy (non-hydrogen) atoms. The zero-order valence-electron chi connectivity index (χ0n) is 20.7. The van der Waals surface area contributed by atoms with Crippen molar-refractivity contribution in [2.45, 2.75) is 78.0 Å². The van der Waals surface area contributed by atoms with Gasteiger partial charge in [-0.2, -0.15) is 0 Å². The van der Waals surface area contributed by atoms with Crippen LogP contribution in [0.3, 0.4) is 0 Å². The highest BCUT2D eigenvalue weighted by Gasteiger charge is 2.54. The van der Waals surface area contributed by atoms with Crippen LogP contribution in [0.15, 0.2) is 23.5 Å². The fraction of sp³-hybridized carbons (Fsp3) is 0.625. The number of hydrogen-bond donors (Lipinski definition) is 0. The van der Waals surface area contributed by atoms with Crippen molar-refractivity contribution >= 4 is 30.2 Å². The number of hydrogen-bond acceptors (Lipinski definition) is 12. The van der Waals surface area contributed by atoms with E-state index in [9.17, 15) is 24.0 Å². The van der Waals surface area contributed by atoms with Gasteiger partial charge in [0, 0.05) is 45.1 Å². The second-order valence-electron chi connectivity index (χ2n) is 8.76. The first-order valence-corrected chi connectivity index (χ1v) is 11.4. The lowest BCUT2D eigenvalue weighted by atomic mass is 9.84. The van der Waals surface area contributed by atoms with E-state index in [2.05, 4.69) is 0 Å². The van der Waals surface area contributed by atoms with Gasteiger partial charge in [0.1, 0.15) is 19.0 Å². The van der Waals surface area contributed by atoms with E-state index in [1.54, 1.807) is 0 Å². The molecule has 12 nitrogen and oxygen atoms in total. The Labute approximate surface area is 207 Å². The van der Waals surface area contributed by atoms with Crippen LogP contribution in [0.4, 0.5) is 0 Å². The average Bonchev–Trinajstić information content (AvgIpc) is 3.18. The number of aldehydes is 1. The molecular formula is C24H30O12. The maximum absolute atomic E-state index is 12.0. The Balaban J connectivity index is 1.97. The van der Waals surface area contributed by atoms with Gasteiger partial charge in [0.25, 0.3) is 0 Å². The van der Waals surface area contributed by atoms with Gasteiger partial charge in [0.15, 0.2) is 18.3 Å². The number of carbonyl (C=O) groups excluding carboxylic acids is 5. The van der Waals surface area contributed by atoms with E-state index in [4.69, 9.17) is 33.2 Å². The summed E-state index contributed by atoms with van der Waals surface area (Å²) in [6, 6.07) is 0. The Hall–Kier alpha value is -3.25. The molecule has 0 bridgehead atoms. The van der Waals surface area contributed by atoms with E-state index < -0.39 is 60.9 Å². The third kappa shape index (κ3) is 6.30. The van der Waals surface area contributed by atoms with E-state index in [1.165, 1.54) is 13.2 Å². The van der Waals surface area contributed by atoms with Gasteiger partial charge in [0.05, 0.1) is 6.26 Å². The van der Waals surface area contributed by atoms with Crippen LogP contribution in [0.2, 0.25) is 0 Å². The van der Waals surface area contributed by atoms with Gasteiger partial charge in [-0.1, -0.05) is 11.6 Å². The largest absolute Gasteiger partial charge is 0.471 e. The fourth-order valence-electron chi connectivity index (χ4n) is 4.64. The number of allylic oxidation sites excluding steroid dienone is 2. The number of carbonyl (C=O) groups is 5. The Morgan fingerprint density at radius 3 is 2.11 bits per heavy atom. The van der Waals surface area contributed by atoms with Crippen LogP contribution >= 0.6 is 0 Å². The Morgan fingerprint density at radius 1 is 0.917 bits per heavy atom. The molecule has 1 unspecified atom stereocenters. The first kappa shape index (κ1) is 27.3. The lowest BCUT2D eigenvalue weighted by Crippen LogP contribution is -2.63. The molecule has 0 radical (unpaired) electrons. The van der Waals surface area contributed by atoms with Crippen molar-refractivity contribution in [1.82, 2.24) is 0 Å². The molecule has 8 atom stereocenters. The number of rotatable bonds is 8. The molecule has 0 aromatic heterocycles. The summed E-state index contributed by atoms with van der Waals surface area (Å²) in [7, 11) is 0. The normalized spacial score (nSPS) is 33.1. The molecule has 3 rings (SSSR count). The van der Waals surface area contributed by atoms with E-state index in [1.807, 2.05) is 13.0 Å². The zero-order chi connectivity index (χ0) is 26.6. The molecule has 2 heterocycles. The van der Waals surface area contributed by atoms with E-state index >= 15 is 0 Å². The van der Waals surface area contributed by atoms with Gasteiger partial charge in [-0.15, -0.1) is 0 Å². The van der Waals surface area contributed by atoms with Gasteiger partial charge in [-0.3, -0.25) is 24.0 Å². The number of esters is 4. The van der Waals surface area contributed by atoms with Gasteiger partial charge < -0.3 is 33.2 Å². The molecule has 1 aliphatic carbocycles. The molecule has 0 spiro atoms. The van der Waals surface area contributed by atoms with Crippen molar-refractivity contribution < 1.29 is 57.1 Å². The van der Waals surface area contributed by atoms with Crippen LogP contribution in [-0.2, 0) is 57.1 Å². The SMILES string of the molecule is CC(=O)OC[C@H]1O[C@@H](OC2OC=C(C=O)[C@H]3CC=C(C)[C@@H]23)[C@H](OC(C)=O)[C@@H](OC(C)=O)[C@@H]1OC(C)=O. The smallest absolute Gasteiger partial charge is 0.303 e. The Bertz CT molecular complexity index is 953. The van der Waals surface area contributed by atoms with Gasteiger partial charge in [-0.25, -0.2) is 0 Å². The van der Waals surface area contributed by atoms with Gasteiger partial charge in [-0.05, 0) is 13.3 Å². The van der Waals surface area contributed by atoms with Gasteiger partial charge in [0.2, 0.25) is 12.6 Å². The van der Waals surface area contributed by atoms with Crippen LogP contribution in [0.1, 0.15) is 41.0 Å². The first-order valence-electron chi connectivity index (χ1n) is 11.4. The van der Waals surface area contributed by atoms with E-state index in [-0.39, 0.29) is 18.4 Å². The molecule has 2 aliphatic heterocycles. The number of ether oxygens (including phenoxy) is 7. The predicted octanol–water partition coefficient (Wildman–Crippen LogP) is 1.11. The summed E-state index contributed by atoms with van der Waals surface area (Å²) in [5.41, 5.74) is 1.41. The fourth-order valence-corrected chi connectivity index (χ4v) is 4.64. The summed E-state index contributed by atoms with van der Waals surface area (Å²) >= 11 is 0. The van der Waals surface area contributed by atoms with E-state index in [0.717, 1.165) is 32.6 Å². The van der Waals surface area contributed by atoms with Crippen molar-refractivity contribution in [3.63, 3.8) is 0 Å². The van der Waals surface area contributed by atoms with Crippen LogP contribution in [0.5, 0.6) is 0 Å². The molecule has 0 amide bonds. The van der Waals surface area contributed by atoms with Crippen LogP contribution in [0.25, 0.3) is 0 Å². The molecular weight excluding hydrogens is 480 g/mol. The minimum absolute atomic E-state index is 0.174. The lowest BCUT2D eigenvalue weighted by Gasteiger charge is -2.45. The molecule has 0 aromatic carbocycles. The summed E-state index contributed by atoms with van der Waals surface area (Å²) in [4.78, 5) is 58.8. The van der Waals surface area contributed by atoms with Crippen molar-refractivity contribution in [3.05, 3.63) is 23.5 Å². The molecule has 0 saturated carbocycles. The van der Waals surface area contributed by atoms with Gasteiger partial charge >= 0.3 is 23.9 Å². The second kappa shape index (κ2) is 11.7. The summed E-state index contributed by atoms with van der Waals surface area (Å²) in [5, 5.41) is 0. The van der Waals surface area contributed by atoms with Crippen LogP contribution in [-0.4, -0.2) is 73.8 Å².